The lowest BCUT2D eigenvalue weighted by molar-refractivity contribution is 0.0963. The number of nitrogens with zero attached hydrogens (tertiary/aromatic N) is 1. The van der Waals surface area contributed by atoms with Crippen LogP contribution in [0.5, 0.6) is 0 Å². The topological polar surface area (TPSA) is 81.2 Å². The maximum atomic E-state index is 12.4. The fourth-order valence-corrected chi connectivity index (χ4v) is 2.96. The van der Waals surface area contributed by atoms with Crippen molar-refractivity contribution in [2.24, 2.45) is 5.73 Å². The summed E-state index contributed by atoms with van der Waals surface area (Å²) in [5, 5.41) is 6.72. The highest BCUT2D eigenvalue weighted by Crippen LogP contribution is 2.28. The quantitative estimate of drug-likeness (QED) is 0.671. The summed E-state index contributed by atoms with van der Waals surface area (Å²) in [5.74, 6) is 0.0523. The van der Waals surface area contributed by atoms with Crippen molar-refractivity contribution in [3.05, 3.63) is 71.5 Å². The van der Waals surface area contributed by atoms with E-state index in [0.29, 0.717) is 22.7 Å². The van der Waals surface area contributed by atoms with Crippen molar-refractivity contribution in [2.75, 3.05) is 13.3 Å². The van der Waals surface area contributed by atoms with Crippen molar-refractivity contribution in [2.45, 2.75) is 4.90 Å². The minimum Gasteiger partial charge on any atom is -0.398 e. The maximum absolute atomic E-state index is 12.4. The minimum absolute atomic E-state index is 0.276. The van der Waals surface area contributed by atoms with Crippen molar-refractivity contribution >= 4 is 29.4 Å². The van der Waals surface area contributed by atoms with Crippen LogP contribution in [0, 0.1) is 0 Å². The minimum atomic E-state index is -0.276. The zero-order valence-corrected chi connectivity index (χ0v) is 15.3. The second kappa shape index (κ2) is 7.93. The summed E-state index contributed by atoms with van der Waals surface area (Å²) in [6, 6.07) is 17.3. The van der Waals surface area contributed by atoms with Gasteiger partial charge in [-0.25, -0.2) is 0 Å². The highest BCUT2D eigenvalue weighted by molar-refractivity contribution is 7.98. The van der Waals surface area contributed by atoms with E-state index in [4.69, 9.17) is 10.3 Å². The van der Waals surface area contributed by atoms with Gasteiger partial charge in [-0.05, 0) is 24.0 Å². The Kier molecular flexibility index (Phi) is 5.43. The SMILES string of the molecule is CNC(=O)c1c(-c2ccccc2)noc1/C=C(/N)c1ccc(SC)cc1. The number of thioether (sulfide) groups is 1. The third-order valence-corrected chi connectivity index (χ3v) is 4.67. The van der Waals surface area contributed by atoms with E-state index in [2.05, 4.69) is 10.5 Å². The molecule has 0 saturated heterocycles. The molecule has 0 bridgehead atoms. The second-order valence-corrected chi connectivity index (χ2v) is 6.42. The molecule has 0 aliphatic heterocycles. The average Bonchev–Trinajstić information content (AvgIpc) is 3.11. The number of carbonyl (C=O) groups is 1. The number of nitrogens with two attached hydrogens (primary N) is 1. The summed E-state index contributed by atoms with van der Waals surface area (Å²) in [7, 11) is 1.57. The number of hydrogen-bond donors (Lipinski definition) is 2. The molecule has 0 aliphatic carbocycles. The molecule has 1 heterocycles. The Balaban J connectivity index is 2.04. The van der Waals surface area contributed by atoms with Gasteiger partial charge in [-0.3, -0.25) is 4.79 Å². The molecule has 0 unspecified atom stereocenters. The molecule has 1 aromatic heterocycles. The predicted octanol–water partition coefficient (Wildman–Crippen LogP) is 3.88. The van der Waals surface area contributed by atoms with Gasteiger partial charge in [-0.2, -0.15) is 0 Å². The molecule has 6 heteroatoms. The first-order valence-corrected chi connectivity index (χ1v) is 9.25. The maximum Gasteiger partial charge on any atom is 0.257 e. The molecule has 3 rings (SSSR count). The number of carbonyl (C=O) groups excluding carboxylic acids is 1. The molecule has 26 heavy (non-hydrogen) atoms. The molecule has 3 aromatic rings. The van der Waals surface area contributed by atoms with Gasteiger partial charge in [-0.1, -0.05) is 47.6 Å². The van der Waals surface area contributed by atoms with E-state index in [9.17, 15) is 4.79 Å². The molecule has 0 radical (unpaired) electrons. The Hall–Kier alpha value is -2.99. The zero-order chi connectivity index (χ0) is 18.5. The Morgan fingerprint density at radius 3 is 2.46 bits per heavy atom. The summed E-state index contributed by atoms with van der Waals surface area (Å²) in [4.78, 5) is 13.6. The molecule has 132 valence electrons. The molecule has 0 fully saturated rings. The molecule has 0 aliphatic rings. The Morgan fingerprint density at radius 2 is 1.85 bits per heavy atom. The summed E-state index contributed by atoms with van der Waals surface area (Å²) in [6.45, 7) is 0. The zero-order valence-electron chi connectivity index (χ0n) is 14.5. The normalized spacial score (nSPS) is 11.4. The van der Waals surface area contributed by atoms with Crippen molar-refractivity contribution in [1.29, 1.82) is 0 Å². The first-order chi connectivity index (χ1) is 12.6. The van der Waals surface area contributed by atoms with Crippen LogP contribution in [0.2, 0.25) is 0 Å². The molecular formula is C20H19N3O2S. The Morgan fingerprint density at radius 1 is 1.15 bits per heavy atom. The lowest BCUT2D eigenvalue weighted by Gasteiger charge is -2.04. The van der Waals surface area contributed by atoms with Gasteiger partial charge in [0, 0.05) is 29.3 Å². The van der Waals surface area contributed by atoms with E-state index < -0.39 is 0 Å². The van der Waals surface area contributed by atoms with E-state index in [1.54, 1.807) is 24.9 Å². The number of rotatable bonds is 5. The third kappa shape index (κ3) is 3.65. The fourth-order valence-electron chi connectivity index (χ4n) is 2.55. The van der Waals surface area contributed by atoms with Crippen LogP contribution in [0.15, 0.2) is 64.0 Å². The highest BCUT2D eigenvalue weighted by atomic mass is 32.2. The number of hydrogen-bond acceptors (Lipinski definition) is 5. The highest BCUT2D eigenvalue weighted by Gasteiger charge is 2.22. The average molecular weight is 365 g/mol. The number of benzene rings is 2. The summed E-state index contributed by atoms with van der Waals surface area (Å²) >= 11 is 1.66. The van der Waals surface area contributed by atoms with Crippen molar-refractivity contribution in [3.8, 4) is 11.3 Å². The van der Waals surface area contributed by atoms with Crippen molar-refractivity contribution in [3.63, 3.8) is 0 Å². The summed E-state index contributed by atoms with van der Waals surface area (Å²) < 4.78 is 5.44. The first kappa shape index (κ1) is 17.8. The first-order valence-electron chi connectivity index (χ1n) is 8.02. The number of amides is 1. The largest absolute Gasteiger partial charge is 0.398 e. The molecule has 0 spiro atoms. The van der Waals surface area contributed by atoms with Crippen LogP contribution in [-0.2, 0) is 0 Å². The Labute approximate surface area is 156 Å². The summed E-state index contributed by atoms with van der Waals surface area (Å²) in [5.41, 5.74) is 9.21. The summed E-state index contributed by atoms with van der Waals surface area (Å²) in [6.07, 6.45) is 3.65. The molecular weight excluding hydrogens is 346 g/mol. The Bertz CT molecular complexity index is 931. The lowest BCUT2D eigenvalue weighted by atomic mass is 10.0. The van der Waals surface area contributed by atoms with Crippen LogP contribution in [0.4, 0.5) is 0 Å². The van der Waals surface area contributed by atoms with Crippen LogP contribution in [-0.4, -0.2) is 24.4 Å². The molecule has 0 saturated carbocycles. The monoisotopic (exact) mass is 365 g/mol. The van der Waals surface area contributed by atoms with Crippen LogP contribution >= 0.6 is 11.8 Å². The van der Waals surface area contributed by atoms with Gasteiger partial charge >= 0.3 is 0 Å². The van der Waals surface area contributed by atoms with E-state index >= 15 is 0 Å². The molecule has 1 amide bonds. The van der Waals surface area contributed by atoms with Crippen LogP contribution in [0.25, 0.3) is 23.0 Å². The molecule has 5 nitrogen and oxygen atoms in total. The van der Waals surface area contributed by atoms with Gasteiger partial charge in [0.2, 0.25) is 0 Å². The smallest absolute Gasteiger partial charge is 0.257 e. The van der Waals surface area contributed by atoms with Crippen LogP contribution < -0.4 is 11.1 Å². The number of nitrogens with one attached hydrogen (secondary N) is 1. The van der Waals surface area contributed by atoms with E-state index in [0.717, 1.165) is 16.0 Å². The van der Waals surface area contributed by atoms with Crippen LogP contribution in [0.3, 0.4) is 0 Å². The number of aromatic nitrogens is 1. The van der Waals surface area contributed by atoms with Crippen LogP contribution in [0.1, 0.15) is 21.7 Å². The predicted molar refractivity (Wildman–Crippen MR) is 106 cm³/mol. The second-order valence-electron chi connectivity index (χ2n) is 5.54. The molecule has 0 atom stereocenters. The van der Waals surface area contributed by atoms with Gasteiger partial charge in [0.25, 0.3) is 5.91 Å². The van der Waals surface area contributed by atoms with E-state index in [1.165, 1.54) is 0 Å². The molecule has 2 aromatic carbocycles. The van der Waals surface area contributed by atoms with Gasteiger partial charge in [-0.15, -0.1) is 11.8 Å². The lowest BCUT2D eigenvalue weighted by Crippen LogP contribution is -2.19. The van der Waals surface area contributed by atoms with E-state index in [1.807, 2.05) is 60.9 Å². The van der Waals surface area contributed by atoms with Crippen molar-refractivity contribution < 1.29 is 9.32 Å². The van der Waals surface area contributed by atoms with Gasteiger partial charge < -0.3 is 15.6 Å². The van der Waals surface area contributed by atoms with E-state index in [-0.39, 0.29) is 5.91 Å². The standard InChI is InChI=1S/C20H19N3O2S/c1-22-20(24)18-17(25-23-19(18)14-6-4-3-5-7-14)12-16(21)13-8-10-15(26-2)11-9-13/h3-12H,21H2,1-2H3,(H,22,24)/b16-12+. The van der Waals surface area contributed by atoms with Gasteiger partial charge in [0.05, 0.1) is 0 Å². The fraction of sp³-hybridized carbons (Fsp3) is 0.100. The third-order valence-electron chi connectivity index (χ3n) is 3.93. The van der Waals surface area contributed by atoms with Crippen molar-refractivity contribution in [1.82, 2.24) is 10.5 Å². The van der Waals surface area contributed by atoms with Gasteiger partial charge in [0.1, 0.15) is 11.3 Å². The molecule has 3 N–H and O–H groups in total. The van der Waals surface area contributed by atoms with Gasteiger partial charge in [0.15, 0.2) is 5.76 Å².